The van der Waals surface area contributed by atoms with Crippen LogP contribution in [-0.2, 0) is 42.4 Å². The Morgan fingerprint density at radius 1 is 1.05 bits per heavy atom. The first-order chi connectivity index (χ1) is 19.3. The number of rotatable bonds is 9. The number of nitrogens with zero attached hydrogens (tertiary/aromatic N) is 3. The Balaban J connectivity index is 1.32. The number of amidine groups is 1. The minimum atomic E-state index is -3.04. The second-order valence-corrected chi connectivity index (χ2v) is 10.7. The summed E-state index contributed by atoms with van der Waals surface area (Å²) in [6.07, 6.45) is 1.31. The van der Waals surface area contributed by atoms with Gasteiger partial charge >= 0.3 is 11.9 Å². The molecule has 1 aromatic heterocycles. The molecule has 5 rings (SSSR count). The lowest BCUT2D eigenvalue weighted by Gasteiger charge is -2.26. The molecule has 1 spiro atoms. The maximum atomic E-state index is 11.9. The molecule has 12 nitrogen and oxygen atoms in total. The van der Waals surface area contributed by atoms with E-state index in [0.29, 0.717) is 18.1 Å². The summed E-state index contributed by atoms with van der Waals surface area (Å²) in [6.45, 7) is 2.19. The molecule has 0 aliphatic carbocycles. The van der Waals surface area contributed by atoms with Gasteiger partial charge in [-0.3, -0.25) is 9.80 Å². The molecule has 0 atom stereocenters. The number of nitrogens with one attached hydrogen (secondary N) is 1. The van der Waals surface area contributed by atoms with E-state index in [2.05, 4.69) is 15.3 Å². The molecule has 40 heavy (non-hydrogen) atoms. The van der Waals surface area contributed by atoms with Gasteiger partial charge in [0.2, 0.25) is 5.91 Å². The molecule has 3 aromatic rings. The Bertz CT molecular complexity index is 1520. The highest BCUT2D eigenvalue weighted by molar-refractivity contribution is 8.41. The smallest absolute Gasteiger partial charge is 0.442 e. The zero-order valence-corrected chi connectivity index (χ0v) is 22.1. The Morgan fingerprint density at radius 2 is 1.75 bits per heavy atom. The molecular weight excluding hydrogens is 538 g/mol. The fourth-order valence-electron chi connectivity index (χ4n) is 3.75. The number of furan rings is 1. The monoisotopic (exact) mass is 563 g/mol. The summed E-state index contributed by atoms with van der Waals surface area (Å²) in [5.74, 6) is 5.27. The van der Waals surface area contributed by atoms with Crippen LogP contribution in [0.1, 0.15) is 29.6 Å². The van der Waals surface area contributed by atoms with Gasteiger partial charge in [-0.15, -0.1) is 0 Å². The second-order valence-electron chi connectivity index (χ2n) is 8.65. The largest absolute Gasteiger partial charge is 0.489 e. The molecule has 1 saturated heterocycles. The molecule has 206 valence electrons. The SMILES string of the molecule is CC(=O)NCc1ccc(C2=CS3(OC(=O)C(=O)O3)C(/N=C/N(N)Cc3ccccc3COc3ccccc3)=N2)o1. The van der Waals surface area contributed by atoms with Crippen LogP contribution in [0, 0.1) is 0 Å². The summed E-state index contributed by atoms with van der Waals surface area (Å²) in [5.41, 5.74) is 2.10. The Labute approximate surface area is 230 Å². The van der Waals surface area contributed by atoms with E-state index >= 15 is 0 Å². The van der Waals surface area contributed by atoms with Crippen molar-refractivity contribution in [3.05, 3.63) is 94.8 Å². The molecule has 0 unspecified atom stereocenters. The van der Waals surface area contributed by atoms with Crippen molar-refractivity contribution < 1.29 is 31.9 Å². The average Bonchev–Trinajstić information content (AvgIpc) is 3.63. The molecule has 2 aromatic carbocycles. The number of carbonyl (C=O) groups excluding carboxylic acids is 3. The van der Waals surface area contributed by atoms with E-state index in [-0.39, 0.29) is 29.9 Å². The normalized spacial score (nSPS) is 16.4. The van der Waals surface area contributed by atoms with Crippen LogP contribution in [0.15, 0.2) is 86.5 Å². The minimum Gasteiger partial charge on any atom is -0.489 e. The van der Waals surface area contributed by atoms with Crippen LogP contribution in [0.4, 0.5) is 0 Å². The van der Waals surface area contributed by atoms with Crippen molar-refractivity contribution in [3.63, 3.8) is 0 Å². The Morgan fingerprint density at radius 3 is 2.48 bits per heavy atom. The van der Waals surface area contributed by atoms with Crippen molar-refractivity contribution in [2.24, 2.45) is 15.8 Å². The highest BCUT2D eigenvalue weighted by Crippen LogP contribution is 2.62. The molecular formula is C27H25N5O7S. The zero-order chi connectivity index (χ0) is 28.1. The number of carbonyl (C=O) groups is 3. The van der Waals surface area contributed by atoms with Crippen LogP contribution in [0.2, 0.25) is 0 Å². The molecule has 1 fully saturated rings. The molecule has 0 saturated carbocycles. The third kappa shape index (κ3) is 6.06. The fourth-order valence-corrected chi connectivity index (χ4v) is 5.61. The maximum Gasteiger partial charge on any atom is 0.442 e. The average molecular weight is 564 g/mol. The third-order valence-electron chi connectivity index (χ3n) is 5.65. The molecule has 3 N–H and O–H groups in total. The summed E-state index contributed by atoms with van der Waals surface area (Å²) in [5, 5.41) is 5.32. The first-order valence-corrected chi connectivity index (χ1v) is 13.6. The van der Waals surface area contributed by atoms with Gasteiger partial charge in [0.05, 0.1) is 18.5 Å². The second kappa shape index (κ2) is 11.5. The van der Waals surface area contributed by atoms with Gasteiger partial charge in [-0.25, -0.2) is 25.4 Å². The van der Waals surface area contributed by atoms with Crippen LogP contribution in [0.3, 0.4) is 0 Å². The Kier molecular flexibility index (Phi) is 7.66. The maximum absolute atomic E-state index is 11.9. The van der Waals surface area contributed by atoms with E-state index in [1.807, 2.05) is 54.6 Å². The van der Waals surface area contributed by atoms with Crippen molar-refractivity contribution in [1.29, 1.82) is 0 Å². The van der Waals surface area contributed by atoms with Crippen molar-refractivity contribution in [2.45, 2.75) is 26.6 Å². The van der Waals surface area contributed by atoms with E-state index in [0.717, 1.165) is 16.9 Å². The standard InChI is InChI=1S/C27H25N5O7S/c1-18(33)29-13-22-11-12-24(37-22)23-16-40(38-25(34)26(35)39-40)27(31-23)30-17-32(28)14-19-7-5-6-8-20(19)15-36-21-9-3-2-4-10-21/h2-12,16-17H,13-15,28H2,1H3,(H,29,33)/b30-17+. The summed E-state index contributed by atoms with van der Waals surface area (Å²) >= 11 is 0. The molecule has 3 heterocycles. The van der Waals surface area contributed by atoms with Crippen molar-refractivity contribution in [1.82, 2.24) is 10.3 Å². The lowest BCUT2D eigenvalue weighted by atomic mass is 10.1. The van der Waals surface area contributed by atoms with E-state index in [1.54, 1.807) is 12.1 Å². The van der Waals surface area contributed by atoms with Crippen molar-refractivity contribution in [3.8, 4) is 5.75 Å². The highest BCUT2D eigenvalue weighted by atomic mass is 32.3. The molecule has 2 aliphatic heterocycles. The predicted molar refractivity (Wildman–Crippen MR) is 147 cm³/mol. The molecule has 13 heteroatoms. The molecule has 2 aliphatic rings. The lowest BCUT2D eigenvalue weighted by molar-refractivity contribution is -0.150. The molecule has 0 radical (unpaired) electrons. The van der Waals surface area contributed by atoms with E-state index in [9.17, 15) is 14.4 Å². The van der Waals surface area contributed by atoms with Crippen LogP contribution >= 0.6 is 10.6 Å². The van der Waals surface area contributed by atoms with E-state index < -0.39 is 22.5 Å². The van der Waals surface area contributed by atoms with Crippen molar-refractivity contribution in [2.75, 3.05) is 0 Å². The summed E-state index contributed by atoms with van der Waals surface area (Å²) in [6, 6.07) is 20.4. The van der Waals surface area contributed by atoms with Gasteiger partial charge in [0.1, 0.15) is 30.2 Å². The van der Waals surface area contributed by atoms with Crippen LogP contribution in [0.5, 0.6) is 5.75 Å². The van der Waals surface area contributed by atoms with Crippen LogP contribution in [-0.4, -0.2) is 34.4 Å². The van der Waals surface area contributed by atoms with Gasteiger partial charge in [-0.2, -0.15) is 0 Å². The number of ether oxygens (including phenoxy) is 1. The number of para-hydroxylation sites is 1. The van der Waals surface area contributed by atoms with Gasteiger partial charge in [-0.1, -0.05) is 42.5 Å². The highest BCUT2D eigenvalue weighted by Gasteiger charge is 2.48. The Hall–Kier alpha value is -4.88. The number of amides is 1. The van der Waals surface area contributed by atoms with E-state index in [1.165, 1.54) is 23.7 Å². The van der Waals surface area contributed by atoms with E-state index in [4.69, 9.17) is 23.4 Å². The number of nitrogens with two attached hydrogens (primary N) is 1. The molecule has 1 amide bonds. The zero-order valence-electron chi connectivity index (χ0n) is 21.3. The number of hydrogen-bond donors (Lipinski definition) is 2. The summed E-state index contributed by atoms with van der Waals surface area (Å²) in [7, 11) is -3.04. The van der Waals surface area contributed by atoms with Crippen LogP contribution in [0.25, 0.3) is 5.70 Å². The van der Waals surface area contributed by atoms with Gasteiger partial charge in [0, 0.05) is 6.92 Å². The first-order valence-electron chi connectivity index (χ1n) is 12.1. The number of hydrogen-bond acceptors (Lipinski definition) is 10. The topological polar surface area (TPSA) is 158 Å². The fraction of sp³-hybridized carbons (Fsp3) is 0.148. The number of aliphatic imine (C=N–C) groups is 2. The van der Waals surface area contributed by atoms with Gasteiger partial charge in [0.25, 0.3) is 5.17 Å². The predicted octanol–water partition coefficient (Wildman–Crippen LogP) is 3.30. The number of hydrazine groups is 1. The van der Waals surface area contributed by atoms with Gasteiger partial charge in [-0.05, 0) is 46.0 Å². The third-order valence-corrected chi connectivity index (χ3v) is 7.69. The van der Waals surface area contributed by atoms with Crippen molar-refractivity contribution >= 4 is 45.6 Å². The first kappa shape index (κ1) is 26.7. The van der Waals surface area contributed by atoms with Gasteiger partial charge < -0.3 is 22.8 Å². The van der Waals surface area contributed by atoms with Gasteiger partial charge in [0.15, 0.2) is 5.76 Å². The number of benzene rings is 2. The molecule has 0 bridgehead atoms. The summed E-state index contributed by atoms with van der Waals surface area (Å²) in [4.78, 5) is 43.8. The summed E-state index contributed by atoms with van der Waals surface area (Å²) < 4.78 is 22.2. The minimum absolute atomic E-state index is 0.0438. The lowest BCUT2D eigenvalue weighted by Crippen LogP contribution is -2.30. The van der Waals surface area contributed by atoms with Crippen LogP contribution < -0.4 is 15.9 Å². The quantitative estimate of drug-likeness (QED) is 0.131.